The van der Waals surface area contributed by atoms with E-state index in [1.54, 1.807) is 12.1 Å². The van der Waals surface area contributed by atoms with Crippen LogP contribution in [0.3, 0.4) is 0 Å². The SMILES string of the molecule is CCCCC#C[C@@H](O)[C@@H](NS(=O)(=O)c1ccc(C)cc1)C(=O)OC. The van der Waals surface area contributed by atoms with Crippen molar-refractivity contribution in [2.75, 3.05) is 7.11 Å². The van der Waals surface area contributed by atoms with E-state index in [2.05, 4.69) is 21.3 Å². The molecular weight excluding hydrogens is 330 g/mol. The topological polar surface area (TPSA) is 92.7 Å². The molecule has 0 heterocycles. The molecule has 0 fully saturated rings. The van der Waals surface area contributed by atoms with Gasteiger partial charge in [-0.05, 0) is 25.5 Å². The molecule has 0 unspecified atom stereocenters. The van der Waals surface area contributed by atoms with Crippen LogP contribution in [0, 0.1) is 18.8 Å². The van der Waals surface area contributed by atoms with E-state index in [0.717, 1.165) is 25.5 Å². The Morgan fingerprint density at radius 1 is 1.33 bits per heavy atom. The van der Waals surface area contributed by atoms with Crippen LogP contribution < -0.4 is 4.72 Å². The third-order valence-electron chi connectivity index (χ3n) is 3.29. The predicted molar refractivity (Wildman–Crippen MR) is 90.6 cm³/mol. The number of carbonyl (C=O) groups is 1. The zero-order chi connectivity index (χ0) is 18.2. The Kier molecular flexibility index (Phi) is 7.92. The van der Waals surface area contributed by atoms with Crippen molar-refractivity contribution in [3.05, 3.63) is 29.8 Å². The van der Waals surface area contributed by atoms with Crippen molar-refractivity contribution in [3.8, 4) is 11.8 Å². The number of nitrogens with one attached hydrogen (secondary N) is 1. The second kappa shape index (κ2) is 9.42. The lowest BCUT2D eigenvalue weighted by atomic mass is 10.1. The fourth-order valence-electron chi connectivity index (χ4n) is 1.85. The highest BCUT2D eigenvalue weighted by Crippen LogP contribution is 2.12. The Bertz CT molecular complexity index is 701. The van der Waals surface area contributed by atoms with Gasteiger partial charge in [-0.2, -0.15) is 4.72 Å². The highest BCUT2D eigenvalue weighted by Gasteiger charge is 2.31. The first-order chi connectivity index (χ1) is 11.3. The molecule has 0 aliphatic rings. The second-order valence-electron chi connectivity index (χ2n) is 5.30. The number of hydrogen-bond acceptors (Lipinski definition) is 5. The van der Waals surface area contributed by atoms with Gasteiger partial charge in [0.05, 0.1) is 12.0 Å². The summed E-state index contributed by atoms with van der Waals surface area (Å²) in [6, 6.07) is 4.64. The van der Waals surface area contributed by atoms with Gasteiger partial charge in [0.15, 0.2) is 6.04 Å². The van der Waals surface area contributed by atoms with Gasteiger partial charge in [0.25, 0.3) is 0 Å². The zero-order valence-electron chi connectivity index (χ0n) is 14.1. The van der Waals surface area contributed by atoms with Gasteiger partial charge in [-0.1, -0.05) is 37.0 Å². The first kappa shape index (κ1) is 20.2. The molecule has 0 bridgehead atoms. The third-order valence-corrected chi connectivity index (χ3v) is 4.75. The van der Waals surface area contributed by atoms with Gasteiger partial charge < -0.3 is 9.84 Å². The van der Waals surface area contributed by atoms with E-state index in [-0.39, 0.29) is 4.90 Å². The summed E-state index contributed by atoms with van der Waals surface area (Å²) in [5.74, 6) is 4.33. The van der Waals surface area contributed by atoms with Crippen molar-refractivity contribution in [1.29, 1.82) is 0 Å². The lowest BCUT2D eigenvalue weighted by Gasteiger charge is -2.18. The zero-order valence-corrected chi connectivity index (χ0v) is 14.9. The number of esters is 1. The van der Waals surface area contributed by atoms with Crippen molar-refractivity contribution >= 4 is 16.0 Å². The fourth-order valence-corrected chi connectivity index (χ4v) is 3.04. The summed E-state index contributed by atoms with van der Waals surface area (Å²) in [6.45, 7) is 3.84. The number of methoxy groups -OCH3 is 1. The quantitative estimate of drug-likeness (QED) is 0.439. The summed E-state index contributed by atoms with van der Waals surface area (Å²) in [7, 11) is -2.87. The molecule has 132 valence electrons. The van der Waals surface area contributed by atoms with E-state index >= 15 is 0 Å². The Morgan fingerprint density at radius 3 is 2.50 bits per heavy atom. The van der Waals surface area contributed by atoms with Crippen LogP contribution in [-0.2, 0) is 19.6 Å². The van der Waals surface area contributed by atoms with Crippen LogP contribution >= 0.6 is 0 Å². The van der Waals surface area contributed by atoms with Crippen LogP contribution in [0.4, 0.5) is 0 Å². The first-order valence-electron chi connectivity index (χ1n) is 7.65. The van der Waals surface area contributed by atoms with E-state index < -0.39 is 28.1 Å². The summed E-state index contributed by atoms with van der Waals surface area (Å²) in [4.78, 5) is 11.8. The number of aliphatic hydroxyl groups excluding tert-OH is 1. The fraction of sp³-hybridized carbons (Fsp3) is 0.471. The molecule has 1 rings (SSSR count). The van der Waals surface area contributed by atoms with Crippen LogP contribution in [0.15, 0.2) is 29.2 Å². The first-order valence-corrected chi connectivity index (χ1v) is 9.13. The van der Waals surface area contributed by atoms with E-state index in [1.165, 1.54) is 12.1 Å². The molecule has 7 heteroatoms. The van der Waals surface area contributed by atoms with Crippen molar-refractivity contribution < 1.29 is 23.1 Å². The number of carbonyl (C=O) groups excluding carboxylic acids is 1. The van der Waals surface area contributed by atoms with Gasteiger partial charge in [-0.3, -0.25) is 4.79 Å². The number of ether oxygens (including phenoxy) is 1. The number of rotatable bonds is 7. The Labute approximate surface area is 143 Å². The molecule has 0 aromatic heterocycles. The van der Waals surface area contributed by atoms with Crippen molar-refractivity contribution in [2.45, 2.75) is 50.2 Å². The monoisotopic (exact) mass is 353 g/mol. The van der Waals surface area contributed by atoms with Gasteiger partial charge in [-0.15, -0.1) is 5.92 Å². The van der Waals surface area contributed by atoms with Crippen molar-refractivity contribution in [3.63, 3.8) is 0 Å². The highest BCUT2D eigenvalue weighted by molar-refractivity contribution is 7.89. The van der Waals surface area contributed by atoms with E-state index in [9.17, 15) is 18.3 Å². The molecule has 6 nitrogen and oxygen atoms in total. The molecule has 24 heavy (non-hydrogen) atoms. The van der Waals surface area contributed by atoms with Gasteiger partial charge in [0.1, 0.15) is 6.10 Å². The summed E-state index contributed by atoms with van der Waals surface area (Å²) in [6.07, 6.45) is 0.879. The lowest BCUT2D eigenvalue weighted by Crippen LogP contribution is -2.48. The molecule has 0 aliphatic heterocycles. The minimum atomic E-state index is -3.99. The van der Waals surface area contributed by atoms with E-state index in [1.807, 2.05) is 13.8 Å². The Hall–Kier alpha value is -1.88. The Morgan fingerprint density at radius 2 is 1.96 bits per heavy atom. The van der Waals surface area contributed by atoms with Crippen LogP contribution in [0.1, 0.15) is 31.7 Å². The molecule has 2 atom stereocenters. The smallest absolute Gasteiger partial charge is 0.327 e. The predicted octanol–water partition coefficient (Wildman–Crippen LogP) is 1.37. The van der Waals surface area contributed by atoms with Crippen LogP contribution in [0.5, 0.6) is 0 Å². The average molecular weight is 353 g/mol. The average Bonchev–Trinajstić information content (AvgIpc) is 2.56. The van der Waals surface area contributed by atoms with Crippen molar-refractivity contribution in [1.82, 2.24) is 4.72 Å². The molecule has 0 amide bonds. The normalized spacial score (nSPS) is 13.5. The minimum absolute atomic E-state index is 0.00635. The lowest BCUT2D eigenvalue weighted by molar-refractivity contribution is -0.144. The van der Waals surface area contributed by atoms with Crippen LogP contribution in [-0.4, -0.2) is 38.7 Å². The number of benzene rings is 1. The molecule has 1 aromatic rings. The minimum Gasteiger partial charge on any atom is -0.468 e. The van der Waals surface area contributed by atoms with Crippen LogP contribution in [0.25, 0.3) is 0 Å². The van der Waals surface area contributed by atoms with Gasteiger partial charge in [0.2, 0.25) is 10.0 Å². The Balaban J connectivity index is 2.98. The maximum Gasteiger partial charge on any atom is 0.327 e. The largest absolute Gasteiger partial charge is 0.468 e. The maximum atomic E-state index is 12.4. The summed E-state index contributed by atoms with van der Waals surface area (Å²) in [5.41, 5.74) is 0.903. The van der Waals surface area contributed by atoms with E-state index in [4.69, 9.17) is 0 Å². The van der Waals surface area contributed by atoms with Crippen molar-refractivity contribution in [2.24, 2.45) is 0 Å². The second-order valence-corrected chi connectivity index (χ2v) is 7.02. The molecule has 1 aromatic carbocycles. The number of unbranched alkanes of at least 4 members (excludes halogenated alkanes) is 2. The van der Waals surface area contributed by atoms with E-state index in [0.29, 0.717) is 6.42 Å². The summed E-state index contributed by atoms with van der Waals surface area (Å²) in [5, 5.41) is 10.1. The van der Waals surface area contributed by atoms with Gasteiger partial charge >= 0.3 is 5.97 Å². The van der Waals surface area contributed by atoms with Gasteiger partial charge in [-0.25, -0.2) is 8.42 Å². The standard InChI is InChI=1S/C17H23NO5S/c1-4-5-6-7-8-15(19)16(17(20)23-3)18-24(21,22)14-11-9-13(2)10-12-14/h9-12,15-16,18-19H,4-6H2,1-3H3/t15-,16-/m1/s1. The maximum absolute atomic E-state index is 12.4. The molecule has 0 aliphatic carbocycles. The molecule has 2 N–H and O–H groups in total. The number of hydrogen-bond donors (Lipinski definition) is 2. The highest BCUT2D eigenvalue weighted by atomic mass is 32.2. The van der Waals surface area contributed by atoms with Gasteiger partial charge in [0, 0.05) is 6.42 Å². The molecule has 0 saturated carbocycles. The number of sulfonamides is 1. The summed E-state index contributed by atoms with van der Waals surface area (Å²) < 4.78 is 31.5. The summed E-state index contributed by atoms with van der Waals surface area (Å²) >= 11 is 0. The third kappa shape index (κ3) is 5.96. The molecule has 0 radical (unpaired) electrons. The molecule has 0 spiro atoms. The number of aryl methyl sites for hydroxylation is 1. The number of aliphatic hydroxyl groups is 1. The van der Waals surface area contributed by atoms with Crippen LogP contribution in [0.2, 0.25) is 0 Å². The molecular formula is C17H23NO5S. The molecule has 0 saturated heterocycles.